The fourth-order valence-corrected chi connectivity index (χ4v) is 2.78. The molecule has 1 aromatic heterocycles. The van der Waals surface area contributed by atoms with Crippen molar-refractivity contribution in [3.05, 3.63) is 71.4 Å². The van der Waals surface area contributed by atoms with Crippen LogP contribution in [0.2, 0.25) is 0 Å². The number of carbonyl (C=O) groups is 1. The molecule has 0 saturated carbocycles. The van der Waals surface area contributed by atoms with E-state index in [-0.39, 0.29) is 6.61 Å². The lowest BCUT2D eigenvalue weighted by atomic mass is 10.1. The summed E-state index contributed by atoms with van der Waals surface area (Å²) in [6, 6.07) is 15.8. The van der Waals surface area contributed by atoms with Crippen LogP contribution >= 0.6 is 0 Å². The fourth-order valence-electron chi connectivity index (χ4n) is 2.78. The second-order valence-electron chi connectivity index (χ2n) is 5.80. The molecule has 0 spiro atoms. The Morgan fingerprint density at radius 3 is 2.54 bits per heavy atom. The van der Waals surface area contributed by atoms with Gasteiger partial charge in [-0.1, -0.05) is 18.2 Å². The molecule has 0 radical (unpaired) electrons. The maximum absolute atomic E-state index is 11.1. The second kappa shape index (κ2) is 7.29. The summed E-state index contributed by atoms with van der Waals surface area (Å²) in [4.78, 5) is 11.1. The number of benzene rings is 2. The number of fused-ring (bicyclic) bond motifs is 1. The van der Waals surface area contributed by atoms with Crippen molar-refractivity contribution in [3.8, 4) is 0 Å². The average Bonchev–Trinajstić information content (AvgIpc) is 2.98. The Labute approximate surface area is 140 Å². The van der Waals surface area contributed by atoms with Crippen molar-refractivity contribution in [2.75, 3.05) is 13.2 Å². The SMILES string of the molecule is NC(=O)c1ccc(Cn2ccc3cc(CNCCO)ccc32)cc1. The topological polar surface area (TPSA) is 80.3 Å². The Hall–Kier alpha value is -2.63. The van der Waals surface area contributed by atoms with Gasteiger partial charge in [-0.15, -0.1) is 0 Å². The summed E-state index contributed by atoms with van der Waals surface area (Å²) >= 11 is 0. The van der Waals surface area contributed by atoms with E-state index < -0.39 is 5.91 Å². The molecule has 5 nitrogen and oxygen atoms in total. The van der Waals surface area contributed by atoms with Gasteiger partial charge in [0.05, 0.1) is 6.61 Å². The molecule has 4 N–H and O–H groups in total. The lowest BCUT2D eigenvalue weighted by molar-refractivity contribution is 0.100. The van der Waals surface area contributed by atoms with Crippen molar-refractivity contribution in [2.45, 2.75) is 13.1 Å². The number of primary amides is 1. The summed E-state index contributed by atoms with van der Waals surface area (Å²) < 4.78 is 2.18. The maximum atomic E-state index is 11.1. The average molecular weight is 323 g/mol. The molecular weight excluding hydrogens is 302 g/mol. The highest BCUT2D eigenvalue weighted by Gasteiger charge is 2.05. The van der Waals surface area contributed by atoms with Crippen LogP contribution in [0.5, 0.6) is 0 Å². The highest BCUT2D eigenvalue weighted by molar-refractivity contribution is 5.92. The van der Waals surface area contributed by atoms with E-state index in [0.29, 0.717) is 12.1 Å². The number of rotatable bonds is 7. The molecule has 0 fully saturated rings. The van der Waals surface area contributed by atoms with Gasteiger partial charge >= 0.3 is 0 Å². The zero-order valence-electron chi connectivity index (χ0n) is 13.4. The minimum absolute atomic E-state index is 0.146. The molecule has 0 aliphatic carbocycles. The standard InChI is InChI=1S/C19H21N3O2/c20-19(24)16-4-1-14(2-5-16)13-22-9-7-17-11-15(3-6-18(17)22)12-21-8-10-23/h1-7,9,11,21,23H,8,10,12-13H2,(H2,20,24). The molecule has 3 rings (SSSR count). The van der Waals surface area contributed by atoms with Crippen molar-refractivity contribution in [2.24, 2.45) is 5.73 Å². The molecule has 0 atom stereocenters. The molecular formula is C19H21N3O2. The number of nitrogens with one attached hydrogen (secondary N) is 1. The van der Waals surface area contributed by atoms with Gasteiger partial charge in [-0.25, -0.2) is 0 Å². The first-order valence-electron chi connectivity index (χ1n) is 7.95. The van der Waals surface area contributed by atoms with E-state index >= 15 is 0 Å². The summed E-state index contributed by atoms with van der Waals surface area (Å²) in [5.74, 6) is -0.407. The van der Waals surface area contributed by atoms with Crippen LogP contribution in [-0.2, 0) is 13.1 Å². The van der Waals surface area contributed by atoms with Gasteiger partial charge in [-0.05, 0) is 46.8 Å². The van der Waals surface area contributed by atoms with Gasteiger partial charge in [0.2, 0.25) is 5.91 Å². The van der Waals surface area contributed by atoms with Gasteiger partial charge in [-0.2, -0.15) is 0 Å². The van der Waals surface area contributed by atoms with Gasteiger partial charge in [0, 0.05) is 36.9 Å². The first kappa shape index (κ1) is 16.2. The number of carbonyl (C=O) groups excluding carboxylic acids is 1. The number of nitrogens with two attached hydrogens (primary N) is 1. The highest BCUT2D eigenvalue weighted by Crippen LogP contribution is 2.19. The lowest BCUT2D eigenvalue weighted by Gasteiger charge is -2.08. The number of aliphatic hydroxyl groups is 1. The number of hydrogen-bond donors (Lipinski definition) is 3. The Morgan fingerprint density at radius 2 is 1.83 bits per heavy atom. The van der Waals surface area contributed by atoms with Crippen molar-refractivity contribution < 1.29 is 9.90 Å². The Balaban J connectivity index is 1.76. The zero-order valence-corrected chi connectivity index (χ0v) is 13.4. The third-order valence-electron chi connectivity index (χ3n) is 4.04. The minimum Gasteiger partial charge on any atom is -0.395 e. The summed E-state index contributed by atoms with van der Waals surface area (Å²) in [5, 5.41) is 13.2. The van der Waals surface area contributed by atoms with E-state index in [1.807, 2.05) is 12.1 Å². The van der Waals surface area contributed by atoms with Crippen molar-refractivity contribution in [1.82, 2.24) is 9.88 Å². The largest absolute Gasteiger partial charge is 0.395 e. The molecule has 0 saturated heterocycles. The lowest BCUT2D eigenvalue weighted by Crippen LogP contribution is -2.17. The number of hydrogen-bond acceptors (Lipinski definition) is 3. The molecule has 24 heavy (non-hydrogen) atoms. The van der Waals surface area contributed by atoms with E-state index in [2.05, 4.69) is 40.3 Å². The van der Waals surface area contributed by atoms with Crippen molar-refractivity contribution in [1.29, 1.82) is 0 Å². The van der Waals surface area contributed by atoms with Gasteiger partial charge in [0.25, 0.3) is 0 Å². The van der Waals surface area contributed by atoms with Gasteiger partial charge in [0.15, 0.2) is 0 Å². The molecule has 0 bridgehead atoms. The monoisotopic (exact) mass is 323 g/mol. The minimum atomic E-state index is -0.407. The summed E-state index contributed by atoms with van der Waals surface area (Å²) in [6.07, 6.45) is 2.07. The summed E-state index contributed by atoms with van der Waals surface area (Å²) in [5.41, 5.74) is 9.27. The van der Waals surface area contributed by atoms with E-state index in [1.165, 1.54) is 16.5 Å². The molecule has 0 unspecified atom stereocenters. The van der Waals surface area contributed by atoms with Crippen molar-refractivity contribution >= 4 is 16.8 Å². The highest BCUT2D eigenvalue weighted by atomic mass is 16.3. The first-order valence-corrected chi connectivity index (χ1v) is 7.95. The fraction of sp³-hybridized carbons (Fsp3) is 0.211. The first-order chi connectivity index (χ1) is 11.7. The Morgan fingerprint density at radius 1 is 1.08 bits per heavy atom. The molecule has 0 aliphatic rings. The predicted octanol–water partition coefficient (Wildman–Crippen LogP) is 1.87. The molecule has 5 heteroatoms. The van der Waals surface area contributed by atoms with Crippen molar-refractivity contribution in [3.63, 3.8) is 0 Å². The molecule has 3 aromatic rings. The number of aliphatic hydroxyl groups excluding tert-OH is 1. The zero-order chi connectivity index (χ0) is 16.9. The third-order valence-corrected chi connectivity index (χ3v) is 4.04. The van der Waals surface area contributed by atoms with Crippen LogP contribution in [0.15, 0.2) is 54.7 Å². The number of amides is 1. The maximum Gasteiger partial charge on any atom is 0.248 e. The normalized spacial score (nSPS) is 11.0. The van der Waals surface area contributed by atoms with E-state index in [0.717, 1.165) is 18.7 Å². The van der Waals surface area contributed by atoms with Gasteiger partial charge in [0.1, 0.15) is 0 Å². The van der Waals surface area contributed by atoms with Crippen LogP contribution in [0, 0.1) is 0 Å². The van der Waals surface area contributed by atoms with Crippen LogP contribution in [0.4, 0.5) is 0 Å². The third kappa shape index (κ3) is 3.64. The smallest absolute Gasteiger partial charge is 0.248 e. The summed E-state index contributed by atoms with van der Waals surface area (Å²) in [7, 11) is 0. The quantitative estimate of drug-likeness (QED) is 0.581. The van der Waals surface area contributed by atoms with Gasteiger partial charge < -0.3 is 20.7 Å². The van der Waals surface area contributed by atoms with E-state index in [4.69, 9.17) is 10.8 Å². The Kier molecular flexibility index (Phi) is 4.93. The molecule has 2 aromatic carbocycles. The molecule has 1 amide bonds. The molecule has 1 heterocycles. The molecule has 124 valence electrons. The second-order valence-corrected chi connectivity index (χ2v) is 5.80. The van der Waals surface area contributed by atoms with Crippen LogP contribution in [0.1, 0.15) is 21.5 Å². The van der Waals surface area contributed by atoms with Crippen LogP contribution in [0.25, 0.3) is 10.9 Å². The van der Waals surface area contributed by atoms with Crippen LogP contribution in [-0.4, -0.2) is 28.7 Å². The van der Waals surface area contributed by atoms with Crippen LogP contribution < -0.4 is 11.1 Å². The van der Waals surface area contributed by atoms with Crippen LogP contribution in [0.3, 0.4) is 0 Å². The Bertz CT molecular complexity index is 837. The number of aromatic nitrogens is 1. The van der Waals surface area contributed by atoms with E-state index in [1.54, 1.807) is 12.1 Å². The predicted molar refractivity (Wildman–Crippen MR) is 94.8 cm³/mol. The van der Waals surface area contributed by atoms with E-state index in [9.17, 15) is 4.79 Å². The van der Waals surface area contributed by atoms with Gasteiger partial charge in [-0.3, -0.25) is 4.79 Å². The molecule has 0 aliphatic heterocycles. The summed E-state index contributed by atoms with van der Waals surface area (Å²) in [6.45, 7) is 2.23. The number of nitrogens with zero attached hydrogens (tertiary/aromatic N) is 1.